The summed E-state index contributed by atoms with van der Waals surface area (Å²) in [6.07, 6.45) is 0. The lowest BCUT2D eigenvalue weighted by molar-refractivity contribution is 0.350. The molecular weight excluding hydrogens is 335 g/mol. The van der Waals surface area contributed by atoms with E-state index in [0.29, 0.717) is 0 Å². The van der Waals surface area contributed by atoms with E-state index in [2.05, 4.69) is 0 Å². The number of rotatable bonds is 5. The second-order valence-corrected chi connectivity index (χ2v) is 5.99. The Morgan fingerprint density at radius 2 is 1.43 bits per heavy atom. The molecule has 1 N–H and O–H groups in total. The van der Waals surface area contributed by atoms with Crippen LogP contribution in [0.1, 0.15) is 0 Å². The summed E-state index contributed by atoms with van der Waals surface area (Å²) in [5, 5.41) is 0. The van der Waals surface area contributed by atoms with Crippen molar-refractivity contribution in [1.82, 2.24) is 0 Å². The minimum absolute atomic E-state index is 0.0268. The Morgan fingerprint density at radius 1 is 0.913 bits per heavy atom. The molecule has 0 bridgehead atoms. The normalized spacial score (nSPS) is 11.2. The Balaban J connectivity index is 2.52. The van der Waals surface area contributed by atoms with Crippen molar-refractivity contribution in [2.75, 3.05) is 18.9 Å². The molecule has 0 atom stereocenters. The lowest BCUT2D eigenvalue weighted by atomic mass is 10.3. The fourth-order valence-electron chi connectivity index (χ4n) is 1.83. The van der Waals surface area contributed by atoms with Crippen molar-refractivity contribution in [1.29, 1.82) is 0 Å². The highest BCUT2D eigenvalue weighted by molar-refractivity contribution is 7.92. The van der Waals surface area contributed by atoms with Crippen LogP contribution in [0.5, 0.6) is 11.5 Å². The summed E-state index contributed by atoms with van der Waals surface area (Å²) in [6, 6.07) is 4.46. The van der Waals surface area contributed by atoms with Crippen molar-refractivity contribution < 1.29 is 31.1 Å². The molecule has 2 aromatic rings. The van der Waals surface area contributed by atoms with E-state index in [1.54, 1.807) is 4.72 Å². The largest absolute Gasteiger partial charge is 0.493 e. The van der Waals surface area contributed by atoms with Gasteiger partial charge in [0, 0.05) is 12.1 Å². The Morgan fingerprint density at radius 3 is 1.96 bits per heavy atom. The van der Waals surface area contributed by atoms with Crippen LogP contribution in [0.4, 0.5) is 18.9 Å². The molecule has 0 fully saturated rings. The predicted octanol–water partition coefficient (Wildman–Crippen LogP) is 2.92. The van der Waals surface area contributed by atoms with Crippen LogP contribution in [0.3, 0.4) is 0 Å². The number of hydrogen-bond donors (Lipinski definition) is 1. The average molecular weight is 347 g/mol. The monoisotopic (exact) mass is 347 g/mol. The van der Waals surface area contributed by atoms with E-state index in [1.165, 1.54) is 14.2 Å². The first kappa shape index (κ1) is 16.9. The van der Waals surface area contributed by atoms with Crippen LogP contribution in [0, 0.1) is 17.5 Å². The number of halogens is 3. The summed E-state index contributed by atoms with van der Waals surface area (Å²) in [7, 11) is -2.11. The SMILES string of the molecule is COc1cc(F)c(S(=O)(=O)Nc2c(F)cccc2F)cc1OC. The first-order valence-corrected chi connectivity index (χ1v) is 7.67. The highest BCUT2D eigenvalue weighted by atomic mass is 32.2. The van der Waals surface area contributed by atoms with Crippen LogP contribution in [0.25, 0.3) is 0 Å². The molecule has 9 heteroatoms. The number of para-hydroxylation sites is 1. The van der Waals surface area contributed by atoms with Gasteiger partial charge in [-0.2, -0.15) is 0 Å². The molecule has 0 spiro atoms. The van der Waals surface area contributed by atoms with Crippen molar-refractivity contribution in [3.05, 3.63) is 47.8 Å². The highest BCUT2D eigenvalue weighted by Gasteiger charge is 2.25. The Labute approximate surface area is 130 Å². The van der Waals surface area contributed by atoms with Crippen molar-refractivity contribution in [2.45, 2.75) is 4.90 Å². The molecule has 0 heterocycles. The Bertz CT molecular complexity index is 820. The summed E-state index contributed by atoms with van der Waals surface area (Å²) in [4.78, 5) is -0.835. The summed E-state index contributed by atoms with van der Waals surface area (Å²) < 4.78 is 77.0. The zero-order chi connectivity index (χ0) is 17.2. The molecule has 23 heavy (non-hydrogen) atoms. The van der Waals surface area contributed by atoms with Gasteiger partial charge in [0.25, 0.3) is 10.0 Å². The Hall–Kier alpha value is -2.42. The number of nitrogens with one attached hydrogen (secondary N) is 1. The van der Waals surface area contributed by atoms with Gasteiger partial charge in [0.2, 0.25) is 0 Å². The quantitative estimate of drug-likeness (QED) is 0.903. The summed E-state index contributed by atoms with van der Waals surface area (Å²) in [6.45, 7) is 0. The second kappa shape index (κ2) is 6.37. The van der Waals surface area contributed by atoms with Crippen LogP contribution >= 0.6 is 0 Å². The third-order valence-corrected chi connectivity index (χ3v) is 4.29. The zero-order valence-electron chi connectivity index (χ0n) is 12.1. The summed E-state index contributed by atoms with van der Waals surface area (Å²) >= 11 is 0. The van der Waals surface area contributed by atoms with E-state index in [0.717, 1.165) is 30.3 Å². The molecule has 0 aliphatic carbocycles. The first-order valence-electron chi connectivity index (χ1n) is 6.18. The van der Waals surface area contributed by atoms with Gasteiger partial charge in [-0.1, -0.05) is 6.07 Å². The molecule has 0 aromatic heterocycles. The molecule has 124 valence electrons. The molecule has 2 aromatic carbocycles. The van der Waals surface area contributed by atoms with Crippen LogP contribution in [-0.2, 0) is 10.0 Å². The number of anilines is 1. The molecular formula is C14H12F3NO4S. The number of benzene rings is 2. The zero-order valence-corrected chi connectivity index (χ0v) is 12.9. The van der Waals surface area contributed by atoms with Crippen molar-refractivity contribution in [3.63, 3.8) is 0 Å². The third-order valence-electron chi connectivity index (χ3n) is 2.93. The maximum absolute atomic E-state index is 14.0. The molecule has 0 saturated heterocycles. The number of ether oxygens (including phenoxy) is 2. The maximum atomic E-state index is 14.0. The van der Waals surface area contributed by atoms with Gasteiger partial charge in [-0.25, -0.2) is 21.6 Å². The number of hydrogen-bond acceptors (Lipinski definition) is 4. The van der Waals surface area contributed by atoms with Crippen LogP contribution in [-0.4, -0.2) is 22.6 Å². The lowest BCUT2D eigenvalue weighted by Crippen LogP contribution is -2.17. The van der Waals surface area contributed by atoms with Crippen molar-refractivity contribution >= 4 is 15.7 Å². The molecule has 2 rings (SSSR count). The van der Waals surface area contributed by atoms with Gasteiger partial charge in [-0.3, -0.25) is 4.72 Å². The second-order valence-electron chi connectivity index (χ2n) is 4.34. The molecule has 0 radical (unpaired) electrons. The van der Waals surface area contributed by atoms with Gasteiger partial charge in [-0.05, 0) is 12.1 Å². The van der Waals surface area contributed by atoms with Crippen LogP contribution in [0.2, 0.25) is 0 Å². The summed E-state index contributed by atoms with van der Waals surface area (Å²) in [5.41, 5.74) is -0.901. The van der Waals surface area contributed by atoms with Gasteiger partial charge in [-0.15, -0.1) is 0 Å². The molecule has 0 aliphatic heterocycles. The topological polar surface area (TPSA) is 64.6 Å². The van der Waals surface area contributed by atoms with E-state index in [-0.39, 0.29) is 11.5 Å². The van der Waals surface area contributed by atoms with E-state index >= 15 is 0 Å². The van der Waals surface area contributed by atoms with Gasteiger partial charge >= 0.3 is 0 Å². The predicted molar refractivity (Wildman–Crippen MR) is 76.7 cm³/mol. The number of sulfonamides is 1. The minimum atomic E-state index is -4.59. The fraction of sp³-hybridized carbons (Fsp3) is 0.143. The van der Waals surface area contributed by atoms with E-state index in [9.17, 15) is 21.6 Å². The highest BCUT2D eigenvalue weighted by Crippen LogP contribution is 2.33. The molecule has 0 amide bonds. The van der Waals surface area contributed by atoms with Crippen molar-refractivity contribution in [2.24, 2.45) is 0 Å². The lowest BCUT2D eigenvalue weighted by Gasteiger charge is -2.13. The van der Waals surface area contributed by atoms with Gasteiger partial charge in [0.1, 0.15) is 28.0 Å². The van der Waals surface area contributed by atoms with Crippen LogP contribution < -0.4 is 14.2 Å². The standard InChI is InChI=1S/C14H12F3NO4S/c1-21-11-6-10(17)13(7-12(11)22-2)23(19,20)18-14-8(15)4-3-5-9(14)16/h3-7,18H,1-2H3. The Kier molecular flexibility index (Phi) is 4.69. The van der Waals surface area contributed by atoms with Crippen molar-refractivity contribution in [3.8, 4) is 11.5 Å². The molecule has 0 saturated carbocycles. The fourth-order valence-corrected chi connectivity index (χ4v) is 2.98. The van der Waals surface area contributed by atoms with Gasteiger partial charge in [0.05, 0.1) is 14.2 Å². The molecule has 5 nitrogen and oxygen atoms in total. The smallest absolute Gasteiger partial charge is 0.265 e. The first-order chi connectivity index (χ1) is 10.8. The molecule has 0 unspecified atom stereocenters. The van der Waals surface area contributed by atoms with Gasteiger partial charge < -0.3 is 9.47 Å². The average Bonchev–Trinajstić information content (AvgIpc) is 2.50. The third kappa shape index (κ3) is 3.34. The van der Waals surface area contributed by atoms with Crippen LogP contribution in [0.15, 0.2) is 35.2 Å². The van der Waals surface area contributed by atoms with E-state index < -0.39 is 38.1 Å². The van der Waals surface area contributed by atoms with E-state index in [1.807, 2.05) is 0 Å². The summed E-state index contributed by atoms with van der Waals surface area (Å²) in [5.74, 6) is -3.50. The van der Waals surface area contributed by atoms with E-state index in [4.69, 9.17) is 9.47 Å². The number of methoxy groups -OCH3 is 2. The maximum Gasteiger partial charge on any atom is 0.265 e. The minimum Gasteiger partial charge on any atom is -0.493 e. The van der Waals surface area contributed by atoms with Gasteiger partial charge in [0.15, 0.2) is 11.5 Å². The molecule has 0 aliphatic rings.